The van der Waals surface area contributed by atoms with Gasteiger partial charge in [-0.2, -0.15) is 0 Å². The number of fused-ring (bicyclic) bond motifs is 1. The summed E-state index contributed by atoms with van der Waals surface area (Å²) in [5.74, 6) is 0.0498. The molecular weight excluding hydrogens is 358 g/mol. The van der Waals surface area contributed by atoms with Gasteiger partial charge >= 0.3 is 0 Å². The van der Waals surface area contributed by atoms with Gasteiger partial charge in [-0.3, -0.25) is 4.79 Å². The Morgan fingerprint density at radius 2 is 1.74 bits per heavy atom. The molecule has 3 nitrogen and oxygen atoms in total. The van der Waals surface area contributed by atoms with Gasteiger partial charge in [0.1, 0.15) is 5.58 Å². The van der Waals surface area contributed by atoms with E-state index in [1.165, 1.54) is 0 Å². The molecule has 0 fully saturated rings. The Labute approximate surface area is 162 Å². The minimum Gasteiger partial charge on any atom is -0.450 e. The predicted molar refractivity (Wildman–Crippen MR) is 109 cm³/mol. The third-order valence-corrected chi connectivity index (χ3v) is 4.73. The number of benzene rings is 3. The van der Waals surface area contributed by atoms with Crippen LogP contribution in [0.25, 0.3) is 22.1 Å². The van der Waals surface area contributed by atoms with E-state index in [4.69, 9.17) is 16.0 Å². The van der Waals surface area contributed by atoms with Gasteiger partial charge in [0.2, 0.25) is 5.76 Å². The smallest absolute Gasteiger partial charge is 0.287 e. The fourth-order valence-electron chi connectivity index (χ4n) is 3.10. The molecule has 27 heavy (non-hydrogen) atoms. The lowest BCUT2D eigenvalue weighted by molar-refractivity contribution is 0.0926. The van der Waals surface area contributed by atoms with Crippen LogP contribution in [-0.4, -0.2) is 5.91 Å². The van der Waals surface area contributed by atoms with Crippen molar-refractivity contribution in [2.45, 2.75) is 13.5 Å². The zero-order chi connectivity index (χ0) is 18.8. The van der Waals surface area contributed by atoms with Crippen LogP contribution in [0.15, 0.2) is 77.2 Å². The van der Waals surface area contributed by atoms with E-state index in [0.717, 1.165) is 27.6 Å². The van der Waals surface area contributed by atoms with Crippen molar-refractivity contribution in [3.05, 3.63) is 94.7 Å². The second kappa shape index (κ2) is 7.29. The van der Waals surface area contributed by atoms with Crippen LogP contribution in [0.1, 0.15) is 21.7 Å². The fraction of sp³-hybridized carbons (Fsp3) is 0.0870. The van der Waals surface area contributed by atoms with Crippen LogP contribution in [0, 0.1) is 6.92 Å². The lowest BCUT2D eigenvalue weighted by Crippen LogP contribution is -2.22. The zero-order valence-electron chi connectivity index (χ0n) is 14.8. The number of carbonyl (C=O) groups excluding carboxylic acids is 1. The largest absolute Gasteiger partial charge is 0.450 e. The second-order valence-electron chi connectivity index (χ2n) is 6.48. The first-order valence-corrected chi connectivity index (χ1v) is 9.11. The summed E-state index contributed by atoms with van der Waals surface area (Å²) in [7, 11) is 0. The Hall–Kier alpha value is -3.04. The number of aryl methyl sites for hydroxylation is 1. The Kier molecular flexibility index (Phi) is 4.69. The van der Waals surface area contributed by atoms with E-state index in [1.807, 2.05) is 67.6 Å². The van der Waals surface area contributed by atoms with Gasteiger partial charge in [-0.25, -0.2) is 0 Å². The molecule has 0 spiro atoms. The number of furan rings is 1. The molecule has 0 aliphatic heterocycles. The maximum Gasteiger partial charge on any atom is 0.287 e. The Morgan fingerprint density at radius 1 is 1.00 bits per heavy atom. The van der Waals surface area contributed by atoms with Crippen LogP contribution in [0.3, 0.4) is 0 Å². The van der Waals surface area contributed by atoms with Crippen molar-refractivity contribution in [2.24, 2.45) is 0 Å². The molecular formula is C23H18ClNO2. The molecule has 0 aliphatic carbocycles. The number of hydrogen-bond donors (Lipinski definition) is 1. The van der Waals surface area contributed by atoms with Crippen molar-refractivity contribution in [3.63, 3.8) is 0 Å². The maximum absolute atomic E-state index is 12.9. The molecule has 1 heterocycles. The highest BCUT2D eigenvalue weighted by molar-refractivity contribution is 6.31. The van der Waals surface area contributed by atoms with Gasteiger partial charge in [0, 0.05) is 22.5 Å². The average Bonchev–Trinajstić information content (AvgIpc) is 3.06. The zero-order valence-corrected chi connectivity index (χ0v) is 15.6. The molecule has 1 amide bonds. The molecule has 4 aromatic rings. The van der Waals surface area contributed by atoms with Crippen molar-refractivity contribution in [3.8, 4) is 11.1 Å². The summed E-state index contributed by atoms with van der Waals surface area (Å²) in [5.41, 5.74) is 4.51. The van der Waals surface area contributed by atoms with E-state index in [0.29, 0.717) is 22.9 Å². The van der Waals surface area contributed by atoms with Crippen molar-refractivity contribution in [2.75, 3.05) is 0 Å². The molecule has 0 unspecified atom stereocenters. The molecule has 0 aliphatic rings. The topological polar surface area (TPSA) is 42.2 Å². The van der Waals surface area contributed by atoms with Crippen LogP contribution in [0.5, 0.6) is 0 Å². The van der Waals surface area contributed by atoms with Crippen LogP contribution >= 0.6 is 11.6 Å². The molecule has 1 aromatic heterocycles. The average molecular weight is 376 g/mol. The fourth-order valence-corrected chi connectivity index (χ4v) is 3.27. The number of amides is 1. The first-order chi connectivity index (χ1) is 13.1. The van der Waals surface area contributed by atoms with Crippen LogP contribution < -0.4 is 5.32 Å². The number of halogens is 1. The lowest BCUT2D eigenvalue weighted by atomic mass is 10.0. The SMILES string of the molecule is Cc1ccc(-c2c(C(=O)NCc3ccccc3)oc3ccc(Cl)cc23)cc1. The van der Waals surface area contributed by atoms with Crippen molar-refractivity contribution in [1.29, 1.82) is 0 Å². The quantitative estimate of drug-likeness (QED) is 0.476. The van der Waals surface area contributed by atoms with Crippen LogP contribution in [0.2, 0.25) is 5.02 Å². The van der Waals surface area contributed by atoms with E-state index in [2.05, 4.69) is 5.32 Å². The van der Waals surface area contributed by atoms with Gasteiger partial charge in [0.25, 0.3) is 5.91 Å². The summed E-state index contributed by atoms with van der Waals surface area (Å²) in [6.45, 7) is 2.46. The Morgan fingerprint density at radius 3 is 2.48 bits per heavy atom. The molecule has 0 atom stereocenters. The summed E-state index contributed by atoms with van der Waals surface area (Å²) in [4.78, 5) is 12.9. The first kappa shape index (κ1) is 17.4. The summed E-state index contributed by atoms with van der Waals surface area (Å²) in [5, 5.41) is 4.38. The van der Waals surface area contributed by atoms with Gasteiger partial charge in [-0.15, -0.1) is 0 Å². The summed E-state index contributed by atoms with van der Waals surface area (Å²) in [6.07, 6.45) is 0. The molecule has 0 bridgehead atoms. The van der Waals surface area contributed by atoms with Crippen molar-refractivity contribution >= 4 is 28.5 Å². The molecule has 0 saturated heterocycles. The Balaban J connectivity index is 1.76. The van der Waals surface area contributed by atoms with E-state index >= 15 is 0 Å². The monoisotopic (exact) mass is 375 g/mol. The molecule has 0 saturated carbocycles. The van der Waals surface area contributed by atoms with Gasteiger partial charge in [0.15, 0.2) is 0 Å². The van der Waals surface area contributed by atoms with Crippen molar-refractivity contribution in [1.82, 2.24) is 5.32 Å². The minimum absolute atomic E-state index is 0.248. The highest BCUT2D eigenvalue weighted by Gasteiger charge is 2.22. The molecule has 134 valence electrons. The van der Waals surface area contributed by atoms with Gasteiger partial charge in [-0.05, 0) is 36.2 Å². The summed E-state index contributed by atoms with van der Waals surface area (Å²) >= 11 is 6.19. The minimum atomic E-state index is -0.248. The number of hydrogen-bond acceptors (Lipinski definition) is 2. The predicted octanol–water partition coefficient (Wildman–Crippen LogP) is 5.99. The number of nitrogens with one attached hydrogen (secondary N) is 1. The van der Waals surface area contributed by atoms with Gasteiger partial charge in [-0.1, -0.05) is 71.8 Å². The van der Waals surface area contributed by atoms with E-state index < -0.39 is 0 Å². The third-order valence-electron chi connectivity index (χ3n) is 4.49. The molecule has 4 rings (SSSR count). The first-order valence-electron chi connectivity index (χ1n) is 8.73. The molecule has 4 heteroatoms. The Bertz CT molecular complexity index is 1100. The second-order valence-corrected chi connectivity index (χ2v) is 6.92. The number of carbonyl (C=O) groups is 1. The van der Waals surface area contributed by atoms with Crippen LogP contribution in [0.4, 0.5) is 0 Å². The molecule has 1 N–H and O–H groups in total. The highest BCUT2D eigenvalue weighted by Crippen LogP contribution is 2.36. The summed E-state index contributed by atoms with van der Waals surface area (Å²) in [6, 6.07) is 23.2. The standard InChI is InChI=1S/C23H18ClNO2/c1-15-7-9-17(10-8-15)21-19-13-18(24)11-12-20(19)27-22(21)23(26)25-14-16-5-3-2-4-6-16/h2-13H,14H2,1H3,(H,25,26). The van der Waals surface area contributed by atoms with Crippen LogP contribution in [-0.2, 0) is 6.54 Å². The third kappa shape index (κ3) is 3.60. The van der Waals surface area contributed by atoms with E-state index in [9.17, 15) is 4.79 Å². The normalized spacial score (nSPS) is 10.9. The van der Waals surface area contributed by atoms with Crippen molar-refractivity contribution < 1.29 is 9.21 Å². The van der Waals surface area contributed by atoms with E-state index in [1.54, 1.807) is 12.1 Å². The lowest BCUT2D eigenvalue weighted by Gasteiger charge is -2.06. The molecule has 3 aromatic carbocycles. The molecule has 0 radical (unpaired) electrons. The maximum atomic E-state index is 12.9. The van der Waals surface area contributed by atoms with Gasteiger partial charge < -0.3 is 9.73 Å². The summed E-state index contributed by atoms with van der Waals surface area (Å²) < 4.78 is 5.92. The highest BCUT2D eigenvalue weighted by atomic mass is 35.5. The van der Waals surface area contributed by atoms with Gasteiger partial charge in [0.05, 0.1) is 0 Å². The van der Waals surface area contributed by atoms with E-state index in [-0.39, 0.29) is 5.91 Å². The number of rotatable bonds is 4.